The Bertz CT molecular complexity index is 906. The number of ether oxygens (including phenoxy) is 1. The van der Waals surface area contributed by atoms with Gasteiger partial charge in [-0.3, -0.25) is 9.78 Å². The summed E-state index contributed by atoms with van der Waals surface area (Å²) in [5.41, 5.74) is 4.50. The van der Waals surface area contributed by atoms with Crippen LogP contribution in [0.1, 0.15) is 17.5 Å². The summed E-state index contributed by atoms with van der Waals surface area (Å²) < 4.78 is 5.45. The molecule has 0 saturated carbocycles. The van der Waals surface area contributed by atoms with E-state index in [2.05, 4.69) is 41.4 Å². The molecule has 1 atom stereocenters. The zero-order valence-corrected chi connectivity index (χ0v) is 15.8. The average Bonchev–Trinajstić information content (AvgIpc) is 3.29. The molecule has 0 radical (unpaired) electrons. The molecule has 142 valence electrons. The number of nitrogens with zero attached hydrogens (tertiary/aromatic N) is 2. The molecule has 0 N–H and O–H groups in total. The van der Waals surface area contributed by atoms with Gasteiger partial charge in [0, 0.05) is 32.1 Å². The third-order valence-electron chi connectivity index (χ3n) is 5.09. The lowest BCUT2D eigenvalue weighted by atomic mass is 10.0. The number of hydrogen-bond donors (Lipinski definition) is 0. The van der Waals surface area contributed by atoms with Crippen molar-refractivity contribution in [3.8, 4) is 11.1 Å². The van der Waals surface area contributed by atoms with Crippen molar-refractivity contribution < 1.29 is 9.53 Å². The second kappa shape index (κ2) is 8.81. The summed E-state index contributed by atoms with van der Waals surface area (Å²) in [5.74, 6) is 0.112. The topological polar surface area (TPSA) is 42.4 Å². The van der Waals surface area contributed by atoms with Crippen LogP contribution in [0.15, 0.2) is 79.1 Å². The van der Waals surface area contributed by atoms with Crippen molar-refractivity contribution in [1.29, 1.82) is 0 Å². The second-order valence-electron chi connectivity index (χ2n) is 7.18. The Morgan fingerprint density at radius 3 is 2.50 bits per heavy atom. The Kier molecular flexibility index (Phi) is 5.78. The number of aromatic nitrogens is 1. The van der Waals surface area contributed by atoms with Crippen LogP contribution in [0.5, 0.6) is 0 Å². The van der Waals surface area contributed by atoms with E-state index in [9.17, 15) is 4.79 Å². The number of amides is 1. The molecule has 1 aliphatic heterocycles. The molecule has 28 heavy (non-hydrogen) atoms. The third kappa shape index (κ3) is 4.46. The summed E-state index contributed by atoms with van der Waals surface area (Å²) in [6.45, 7) is 2.32. The van der Waals surface area contributed by atoms with Crippen molar-refractivity contribution in [1.82, 2.24) is 9.88 Å². The monoisotopic (exact) mass is 372 g/mol. The summed E-state index contributed by atoms with van der Waals surface area (Å²) in [4.78, 5) is 19.3. The van der Waals surface area contributed by atoms with Crippen LogP contribution in [0.3, 0.4) is 0 Å². The van der Waals surface area contributed by atoms with Gasteiger partial charge in [0.25, 0.3) is 0 Å². The van der Waals surface area contributed by atoms with Crippen LogP contribution in [0, 0.1) is 5.92 Å². The van der Waals surface area contributed by atoms with Crippen LogP contribution in [-0.2, 0) is 22.6 Å². The van der Waals surface area contributed by atoms with E-state index in [-0.39, 0.29) is 11.8 Å². The molecule has 4 heteroatoms. The molecule has 1 aromatic heterocycles. The van der Waals surface area contributed by atoms with Crippen LogP contribution < -0.4 is 0 Å². The maximum Gasteiger partial charge on any atom is 0.228 e. The van der Waals surface area contributed by atoms with Gasteiger partial charge in [0.15, 0.2) is 0 Å². The molecular weight excluding hydrogens is 348 g/mol. The van der Waals surface area contributed by atoms with Crippen molar-refractivity contribution in [2.24, 2.45) is 5.92 Å². The van der Waals surface area contributed by atoms with Crippen LogP contribution in [0.4, 0.5) is 0 Å². The van der Waals surface area contributed by atoms with E-state index in [1.54, 1.807) is 6.20 Å². The van der Waals surface area contributed by atoms with Crippen LogP contribution >= 0.6 is 0 Å². The maximum absolute atomic E-state index is 13.1. The van der Waals surface area contributed by atoms with Gasteiger partial charge in [-0.15, -0.1) is 0 Å². The van der Waals surface area contributed by atoms with Crippen LogP contribution in [0.25, 0.3) is 11.1 Å². The van der Waals surface area contributed by atoms with Crippen molar-refractivity contribution in [3.63, 3.8) is 0 Å². The predicted molar refractivity (Wildman–Crippen MR) is 109 cm³/mol. The number of rotatable bonds is 6. The quantitative estimate of drug-likeness (QED) is 0.647. The normalized spacial score (nSPS) is 16.1. The highest BCUT2D eigenvalue weighted by atomic mass is 16.5. The van der Waals surface area contributed by atoms with E-state index >= 15 is 0 Å². The standard InChI is InChI=1S/C24H24N2O2/c27-24(23-11-13-28-18-23)26(17-20-7-5-12-25-15-20)16-19-6-4-10-22(14-19)21-8-2-1-3-9-21/h1-10,12,14-15,23H,11,13,16-18H2/t23-/m1/s1. The van der Waals surface area contributed by atoms with E-state index in [0.717, 1.165) is 23.1 Å². The molecule has 4 nitrogen and oxygen atoms in total. The summed E-state index contributed by atoms with van der Waals surface area (Å²) in [6.07, 6.45) is 4.38. The molecule has 1 fully saturated rings. The Hall–Kier alpha value is -2.98. The maximum atomic E-state index is 13.1. The smallest absolute Gasteiger partial charge is 0.228 e. The number of benzene rings is 2. The lowest BCUT2D eigenvalue weighted by Gasteiger charge is -2.25. The van der Waals surface area contributed by atoms with Gasteiger partial charge in [-0.1, -0.05) is 54.6 Å². The van der Waals surface area contributed by atoms with Crippen molar-refractivity contribution in [3.05, 3.63) is 90.3 Å². The Labute approximate surface area is 165 Å². The zero-order chi connectivity index (χ0) is 19.2. The van der Waals surface area contributed by atoms with E-state index < -0.39 is 0 Å². The predicted octanol–water partition coefficient (Wildman–Crippen LogP) is 4.31. The molecule has 1 amide bonds. The van der Waals surface area contributed by atoms with Crippen LogP contribution in [0.2, 0.25) is 0 Å². The minimum Gasteiger partial charge on any atom is -0.381 e. The van der Waals surface area contributed by atoms with Gasteiger partial charge in [0.05, 0.1) is 12.5 Å². The first kappa shape index (κ1) is 18.4. The fourth-order valence-electron chi connectivity index (χ4n) is 3.61. The molecule has 1 saturated heterocycles. The number of carbonyl (C=O) groups excluding carboxylic acids is 1. The minimum atomic E-state index is -0.0472. The largest absolute Gasteiger partial charge is 0.381 e. The van der Waals surface area contributed by atoms with E-state index in [1.165, 1.54) is 5.56 Å². The third-order valence-corrected chi connectivity index (χ3v) is 5.09. The second-order valence-corrected chi connectivity index (χ2v) is 7.18. The number of hydrogen-bond acceptors (Lipinski definition) is 3. The highest BCUT2D eigenvalue weighted by Gasteiger charge is 2.28. The lowest BCUT2D eigenvalue weighted by molar-refractivity contribution is -0.136. The summed E-state index contributed by atoms with van der Waals surface area (Å²) in [7, 11) is 0. The van der Waals surface area contributed by atoms with Gasteiger partial charge in [-0.05, 0) is 40.8 Å². The minimum absolute atomic E-state index is 0.0472. The summed E-state index contributed by atoms with van der Waals surface area (Å²) >= 11 is 0. The molecule has 4 rings (SSSR count). The van der Waals surface area contributed by atoms with Gasteiger partial charge < -0.3 is 9.64 Å². The molecule has 0 aliphatic carbocycles. The van der Waals surface area contributed by atoms with Crippen molar-refractivity contribution >= 4 is 5.91 Å². The Morgan fingerprint density at radius 1 is 0.964 bits per heavy atom. The Balaban J connectivity index is 1.57. The molecule has 0 unspecified atom stereocenters. The Morgan fingerprint density at radius 2 is 1.75 bits per heavy atom. The summed E-state index contributed by atoms with van der Waals surface area (Å²) in [6, 6.07) is 22.7. The zero-order valence-electron chi connectivity index (χ0n) is 15.8. The molecule has 0 spiro atoms. The number of pyridine rings is 1. The van der Waals surface area contributed by atoms with E-state index in [4.69, 9.17) is 4.74 Å². The van der Waals surface area contributed by atoms with E-state index in [0.29, 0.717) is 26.3 Å². The molecule has 0 bridgehead atoms. The molecule has 1 aliphatic rings. The SMILES string of the molecule is O=C([C@@H]1CCOC1)N(Cc1cccnc1)Cc1cccc(-c2ccccc2)c1. The first-order valence-corrected chi connectivity index (χ1v) is 9.69. The fourth-order valence-corrected chi connectivity index (χ4v) is 3.61. The van der Waals surface area contributed by atoms with Gasteiger partial charge in [0.2, 0.25) is 5.91 Å². The molecule has 3 aromatic rings. The van der Waals surface area contributed by atoms with Crippen molar-refractivity contribution in [2.75, 3.05) is 13.2 Å². The molecule has 2 heterocycles. The van der Waals surface area contributed by atoms with Crippen LogP contribution in [-0.4, -0.2) is 29.0 Å². The fraction of sp³-hybridized carbons (Fsp3) is 0.250. The first-order chi connectivity index (χ1) is 13.8. The molecular formula is C24H24N2O2. The van der Waals surface area contributed by atoms with Gasteiger partial charge in [-0.25, -0.2) is 0 Å². The number of carbonyl (C=O) groups is 1. The van der Waals surface area contributed by atoms with E-state index in [1.807, 2.05) is 41.4 Å². The highest BCUT2D eigenvalue weighted by molar-refractivity contribution is 5.79. The van der Waals surface area contributed by atoms with Gasteiger partial charge in [-0.2, -0.15) is 0 Å². The van der Waals surface area contributed by atoms with Gasteiger partial charge in [0.1, 0.15) is 0 Å². The first-order valence-electron chi connectivity index (χ1n) is 9.69. The lowest BCUT2D eigenvalue weighted by Crippen LogP contribution is -2.35. The van der Waals surface area contributed by atoms with Crippen molar-refractivity contribution in [2.45, 2.75) is 19.5 Å². The summed E-state index contributed by atoms with van der Waals surface area (Å²) in [5, 5.41) is 0. The van der Waals surface area contributed by atoms with Gasteiger partial charge >= 0.3 is 0 Å². The highest BCUT2D eigenvalue weighted by Crippen LogP contribution is 2.23. The molecule has 2 aromatic carbocycles. The average molecular weight is 372 g/mol.